The second-order valence-electron chi connectivity index (χ2n) is 5.22. The van der Waals surface area contributed by atoms with E-state index in [1.807, 2.05) is 0 Å². The number of hydrogen-bond donors (Lipinski definition) is 1. The molecule has 2 rings (SSSR count). The molecule has 0 unspecified atom stereocenters. The Labute approximate surface area is 148 Å². The van der Waals surface area contributed by atoms with Crippen LogP contribution in [0.5, 0.6) is 11.5 Å². The van der Waals surface area contributed by atoms with Gasteiger partial charge in [0, 0.05) is 11.3 Å². The van der Waals surface area contributed by atoms with Crippen molar-refractivity contribution in [3.05, 3.63) is 53.1 Å². The lowest BCUT2D eigenvalue weighted by Gasteiger charge is -2.13. The van der Waals surface area contributed by atoms with Gasteiger partial charge in [-0.1, -0.05) is 6.07 Å². The van der Waals surface area contributed by atoms with Crippen molar-refractivity contribution in [2.45, 2.75) is 13.5 Å². The number of alkyl halides is 2. The maximum absolute atomic E-state index is 12.4. The van der Waals surface area contributed by atoms with Gasteiger partial charge in [0.05, 0.1) is 19.8 Å². The summed E-state index contributed by atoms with van der Waals surface area (Å²) >= 11 is 0. The fraction of sp³-hybridized carbons (Fsp3) is 0.222. The maximum atomic E-state index is 12.4. The zero-order chi connectivity index (χ0) is 19.3. The van der Waals surface area contributed by atoms with Crippen LogP contribution in [0.1, 0.15) is 26.3 Å². The average molecular weight is 365 g/mol. The molecule has 0 aromatic heterocycles. The molecule has 0 radical (unpaired) electrons. The molecular weight excluding hydrogens is 348 g/mol. The lowest BCUT2D eigenvalue weighted by molar-refractivity contribution is -0.0512. The van der Waals surface area contributed by atoms with E-state index in [9.17, 15) is 18.4 Å². The number of nitrogens with one attached hydrogen (secondary N) is 1. The van der Waals surface area contributed by atoms with Gasteiger partial charge in [0.15, 0.2) is 11.5 Å². The first-order chi connectivity index (χ1) is 12.3. The first-order valence-corrected chi connectivity index (χ1v) is 7.49. The summed E-state index contributed by atoms with van der Waals surface area (Å²) in [6, 6.07) is 8.57. The number of anilines is 1. The standard InChI is InChI=1S/C18H17F2NO5/c1-10-4-5-12(17(23)25-3)8-13(10)21-16(22)11-6-7-14(26-18(19)20)15(9-11)24-2/h4-9,18H,1-3H3,(H,21,22). The van der Waals surface area contributed by atoms with Crippen molar-refractivity contribution in [3.8, 4) is 11.5 Å². The maximum Gasteiger partial charge on any atom is 0.387 e. The molecule has 0 fully saturated rings. The Bertz CT molecular complexity index is 823. The fourth-order valence-corrected chi connectivity index (χ4v) is 2.20. The molecule has 1 amide bonds. The molecule has 0 aliphatic heterocycles. The van der Waals surface area contributed by atoms with Gasteiger partial charge in [-0.05, 0) is 42.8 Å². The van der Waals surface area contributed by atoms with Crippen molar-refractivity contribution in [3.63, 3.8) is 0 Å². The largest absolute Gasteiger partial charge is 0.493 e. The molecule has 0 aliphatic rings. The number of benzene rings is 2. The Hall–Kier alpha value is -3.16. The number of halogens is 2. The molecule has 0 atom stereocenters. The Morgan fingerprint density at radius 2 is 1.69 bits per heavy atom. The van der Waals surface area contributed by atoms with E-state index in [1.54, 1.807) is 19.1 Å². The van der Waals surface area contributed by atoms with Crippen LogP contribution in [-0.4, -0.2) is 32.7 Å². The Morgan fingerprint density at radius 1 is 1.00 bits per heavy atom. The summed E-state index contributed by atoms with van der Waals surface area (Å²) in [5, 5.41) is 2.67. The Balaban J connectivity index is 2.26. The molecule has 138 valence electrons. The highest BCUT2D eigenvalue weighted by Crippen LogP contribution is 2.30. The van der Waals surface area contributed by atoms with Gasteiger partial charge in [-0.15, -0.1) is 0 Å². The van der Waals surface area contributed by atoms with Crippen LogP contribution in [-0.2, 0) is 4.74 Å². The van der Waals surface area contributed by atoms with Crippen molar-refractivity contribution in [2.75, 3.05) is 19.5 Å². The number of esters is 1. The lowest BCUT2D eigenvalue weighted by Crippen LogP contribution is -2.14. The van der Waals surface area contributed by atoms with E-state index in [1.165, 1.54) is 38.5 Å². The van der Waals surface area contributed by atoms with Crippen molar-refractivity contribution < 1.29 is 32.6 Å². The van der Waals surface area contributed by atoms with E-state index in [0.29, 0.717) is 5.69 Å². The van der Waals surface area contributed by atoms with Crippen molar-refractivity contribution in [1.82, 2.24) is 0 Å². The van der Waals surface area contributed by atoms with Gasteiger partial charge < -0.3 is 19.5 Å². The topological polar surface area (TPSA) is 73.9 Å². The van der Waals surface area contributed by atoms with E-state index in [0.717, 1.165) is 5.56 Å². The van der Waals surface area contributed by atoms with Gasteiger partial charge in [-0.3, -0.25) is 4.79 Å². The van der Waals surface area contributed by atoms with Gasteiger partial charge in [0.2, 0.25) is 0 Å². The van der Waals surface area contributed by atoms with Crippen LogP contribution in [0.4, 0.5) is 14.5 Å². The number of carbonyl (C=O) groups excluding carboxylic acids is 2. The molecule has 0 spiro atoms. The summed E-state index contributed by atoms with van der Waals surface area (Å²) in [5.74, 6) is -1.21. The predicted molar refractivity (Wildman–Crippen MR) is 90.1 cm³/mol. The molecule has 26 heavy (non-hydrogen) atoms. The third-order valence-electron chi connectivity index (χ3n) is 3.55. The Morgan fingerprint density at radius 3 is 2.31 bits per heavy atom. The van der Waals surface area contributed by atoms with Crippen molar-refractivity contribution in [2.24, 2.45) is 0 Å². The number of carbonyl (C=O) groups is 2. The first-order valence-electron chi connectivity index (χ1n) is 7.49. The fourth-order valence-electron chi connectivity index (χ4n) is 2.20. The highest BCUT2D eigenvalue weighted by atomic mass is 19.3. The summed E-state index contributed by atoms with van der Waals surface area (Å²) in [4.78, 5) is 24.1. The molecular formula is C18H17F2NO5. The molecule has 8 heteroatoms. The molecule has 2 aromatic carbocycles. The lowest BCUT2D eigenvalue weighted by atomic mass is 10.1. The van der Waals surface area contributed by atoms with E-state index in [4.69, 9.17) is 4.74 Å². The van der Waals surface area contributed by atoms with Crippen molar-refractivity contribution in [1.29, 1.82) is 0 Å². The molecule has 1 N–H and O–H groups in total. The zero-order valence-electron chi connectivity index (χ0n) is 14.3. The second-order valence-corrected chi connectivity index (χ2v) is 5.22. The number of ether oxygens (including phenoxy) is 3. The number of hydrogen-bond acceptors (Lipinski definition) is 5. The van der Waals surface area contributed by atoms with E-state index in [-0.39, 0.29) is 22.6 Å². The smallest absolute Gasteiger partial charge is 0.387 e. The molecule has 0 saturated heterocycles. The van der Waals surface area contributed by atoms with Crippen molar-refractivity contribution >= 4 is 17.6 Å². The average Bonchev–Trinajstić information content (AvgIpc) is 2.62. The van der Waals surface area contributed by atoms with Crippen LogP contribution in [0.25, 0.3) is 0 Å². The number of methoxy groups -OCH3 is 2. The van der Waals surface area contributed by atoms with Gasteiger partial charge >= 0.3 is 12.6 Å². The summed E-state index contributed by atoms with van der Waals surface area (Å²) in [6.07, 6.45) is 0. The summed E-state index contributed by atoms with van der Waals surface area (Å²) in [6.45, 7) is -1.25. The molecule has 2 aromatic rings. The van der Waals surface area contributed by atoms with Gasteiger partial charge in [0.1, 0.15) is 0 Å². The number of aryl methyl sites for hydroxylation is 1. The summed E-state index contributed by atoms with van der Waals surface area (Å²) in [5.41, 5.74) is 1.61. The molecule has 0 saturated carbocycles. The van der Waals surface area contributed by atoms with Crippen LogP contribution in [0.2, 0.25) is 0 Å². The molecule has 6 nitrogen and oxygen atoms in total. The summed E-state index contributed by atoms with van der Waals surface area (Å²) in [7, 11) is 2.54. The highest BCUT2D eigenvalue weighted by molar-refractivity contribution is 6.05. The number of amides is 1. The van der Waals surface area contributed by atoms with E-state index >= 15 is 0 Å². The van der Waals surface area contributed by atoms with E-state index < -0.39 is 18.5 Å². The van der Waals surface area contributed by atoms with Gasteiger partial charge in [-0.25, -0.2) is 4.79 Å². The minimum Gasteiger partial charge on any atom is -0.493 e. The second kappa shape index (κ2) is 8.28. The van der Waals surface area contributed by atoms with E-state index in [2.05, 4.69) is 14.8 Å². The van der Waals surface area contributed by atoms with Gasteiger partial charge in [-0.2, -0.15) is 8.78 Å². The predicted octanol–water partition coefficient (Wildman–Crippen LogP) is 3.64. The first kappa shape index (κ1) is 19.2. The zero-order valence-corrected chi connectivity index (χ0v) is 14.3. The third-order valence-corrected chi connectivity index (χ3v) is 3.55. The van der Waals surface area contributed by atoms with Crippen LogP contribution in [0, 0.1) is 6.92 Å². The molecule has 0 heterocycles. The molecule has 0 bridgehead atoms. The highest BCUT2D eigenvalue weighted by Gasteiger charge is 2.16. The van der Waals surface area contributed by atoms with Crippen LogP contribution >= 0.6 is 0 Å². The van der Waals surface area contributed by atoms with Gasteiger partial charge in [0.25, 0.3) is 5.91 Å². The monoisotopic (exact) mass is 365 g/mol. The number of rotatable bonds is 6. The minimum atomic E-state index is -3.01. The Kier molecular flexibility index (Phi) is 6.11. The molecule has 0 aliphatic carbocycles. The SMILES string of the molecule is COC(=O)c1ccc(C)c(NC(=O)c2ccc(OC(F)F)c(OC)c2)c1. The third kappa shape index (κ3) is 4.47. The van der Waals surface area contributed by atoms with Crippen LogP contribution < -0.4 is 14.8 Å². The summed E-state index contributed by atoms with van der Waals surface area (Å²) < 4.78 is 38.7. The van der Waals surface area contributed by atoms with Crippen LogP contribution in [0.3, 0.4) is 0 Å². The minimum absolute atomic E-state index is 0.00187. The normalized spacial score (nSPS) is 10.4. The van der Waals surface area contributed by atoms with Crippen LogP contribution in [0.15, 0.2) is 36.4 Å². The quantitative estimate of drug-likeness (QED) is 0.791.